The lowest BCUT2D eigenvalue weighted by atomic mass is 9.88. The highest BCUT2D eigenvalue weighted by Gasteiger charge is 2.36. The Balaban J connectivity index is 1.89. The molecule has 57 heavy (non-hydrogen) atoms. The Bertz CT molecular complexity index is 2000. The number of carbonyl (C=O) groups excluding carboxylic acids is 5. The molecule has 0 saturated heterocycles. The third kappa shape index (κ3) is 11.4. The van der Waals surface area contributed by atoms with Gasteiger partial charge < -0.3 is 36.9 Å². The van der Waals surface area contributed by atoms with E-state index in [1.807, 2.05) is 12.1 Å². The molecule has 3 aromatic carbocycles. The van der Waals surface area contributed by atoms with Crippen LogP contribution in [0.4, 0.5) is 0 Å². The van der Waals surface area contributed by atoms with Crippen molar-refractivity contribution in [2.24, 2.45) is 29.0 Å². The number of Topliss-reactive ketones (excluding diaryl/α,β-unsaturated/α-hetero) is 3. The quantitative estimate of drug-likeness (QED) is 0.143. The lowest BCUT2D eigenvalue weighted by molar-refractivity contribution is -0.142. The number of hydrogen-bond donors (Lipinski definition) is 4. The molecule has 1 heterocycles. The fourth-order valence-corrected chi connectivity index (χ4v) is 7.74. The van der Waals surface area contributed by atoms with E-state index in [4.69, 9.17) is 49.9 Å². The molecule has 0 saturated carbocycles. The summed E-state index contributed by atoms with van der Waals surface area (Å²) in [4.78, 5) is 71.1. The average molecular weight is 822 g/mol. The van der Waals surface area contributed by atoms with Crippen LogP contribution in [-0.4, -0.2) is 80.0 Å². The van der Waals surface area contributed by atoms with Crippen LogP contribution >= 0.6 is 23.2 Å². The fraction of sp³-hybridized carbons (Fsp3) is 0.429. The zero-order valence-corrected chi connectivity index (χ0v) is 34.0. The minimum atomic E-state index is -1.25. The Hall–Kier alpha value is -4.84. The van der Waals surface area contributed by atoms with Gasteiger partial charge in [-0.1, -0.05) is 42.3 Å². The van der Waals surface area contributed by atoms with Gasteiger partial charge in [0.25, 0.3) is 0 Å². The minimum absolute atomic E-state index is 0.0329. The lowest BCUT2D eigenvalue weighted by Gasteiger charge is -2.32. The second kappa shape index (κ2) is 21.1. The number of nitrogens with zero attached hydrogens (tertiary/aromatic N) is 2. The Morgan fingerprint density at radius 2 is 1.54 bits per heavy atom. The molecule has 1 aliphatic rings. The zero-order chi connectivity index (χ0) is 41.8. The van der Waals surface area contributed by atoms with E-state index in [9.17, 15) is 29.2 Å². The van der Waals surface area contributed by atoms with E-state index in [-0.39, 0.29) is 92.8 Å². The number of ketones is 3. The number of nitriles is 1. The Morgan fingerprint density at radius 1 is 0.930 bits per heavy atom. The molecule has 15 heteroatoms. The molecule has 7 N–H and O–H groups in total. The van der Waals surface area contributed by atoms with Crippen LogP contribution < -0.4 is 32.0 Å². The number of likely N-dealkylation sites (N-methyl/N-ethyl adjacent to an activating group) is 1. The van der Waals surface area contributed by atoms with Gasteiger partial charge in [-0.15, -0.1) is 0 Å². The molecule has 0 spiro atoms. The highest BCUT2D eigenvalue weighted by molar-refractivity contribution is 6.40. The van der Waals surface area contributed by atoms with E-state index in [2.05, 4.69) is 5.32 Å². The van der Waals surface area contributed by atoms with Gasteiger partial charge in [0.1, 0.15) is 30.8 Å². The summed E-state index contributed by atoms with van der Waals surface area (Å²) in [6, 6.07) is 13.3. The molecule has 0 unspecified atom stereocenters. The fourth-order valence-electron chi connectivity index (χ4n) is 6.93. The first kappa shape index (κ1) is 44.9. The van der Waals surface area contributed by atoms with Gasteiger partial charge in [-0.05, 0) is 79.4 Å². The minimum Gasteiger partial charge on any atom is -0.492 e. The molecule has 4 rings (SSSR count). The average Bonchev–Trinajstić information content (AvgIpc) is 3.17. The van der Waals surface area contributed by atoms with Crippen molar-refractivity contribution in [3.63, 3.8) is 0 Å². The maximum Gasteiger partial charge on any atom is 0.226 e. The van der Waals surface area contributed by atoms with Crippen LogP contribution in [0.15, 0.2) is 48.5 Å². The molecule has 304 valence electrons. The van der Waals surface area contributed by atoms with Crippen molar-refractivity contribution < 1.29 is 33.4 Å². The summed E-state index contributed by atoms with van der Waals surface area (Å²) in [5, 5.41) is 12.3. The van der Waals surface area contributed by atoms with E-state index < -0.39 is 47.3 Å². The van der Waals surface area contributed by atoms with Gasteiger partial charge in [-0.25, -0.2) is 0 Å². The first-order valence-corrected chi connectivity index (χ1v) is 19.6. The molecule has 0 radical (unpaired) electrons. The molecule has 4 bridgehead atoms. The maximum atomic E-state index is 14.5. The number of hydrogen-bond acceptors (Lipinski definition) is 11. The monoisotopic (exact) mass is 820 g/mol. The second-order valence-electron chi connectivity index (χ2n) is 14.2. The van der Waals surface area contributed by atoms with Crippen molar-refractivity contribution in [3.8, 4) is 28.7 Å². The first-order chi connectivity index (χ1) is 27.2. The molecule has 0 aromatic heterocycles. The van der Waals surface area contributed by atoms with Crippen LogP contribution in [0.2, 0.25) is 10.0 Å². The smallest absolute Gasteiger partial charge is 0.226 e. The Morgan fingerprint density at radius 3 is 2.14 bits per heavy atom. The number of aryl methyl sites for hydroxylation is 1. The largest absolute Gasteiger partial charge is 0.492 e. The highest BCUT2D eigenvalue weighted by Crippen LogP contribution is 2.41. The Kier molecular flexibility index (Phi) is 16.6. The normalized spacial score (nSPS) is 17.4. The molecule has 0 fully saturated rings. The summed E-state index contributed by atoms with van der Waals surface area (Å²) in [6.45, 7) is 4.18. The van der Waals surface area contributed by atoms with E-state index in [0.717, 1.165) is 5.56 Å². The maximum absolute atomic E-state index is 14.5. The lowest BCUT2D eigenvalue weighted by Crippen LogP contribution is -2.46. The van der Waals surface area contributed by atoms with Crippen LogP contribution in [0.25, 0.3) is 11.1 Å². The second-order valence-corrected chi connectivity index (χ2v) is 15.0. The van der Waals surface area contributed by atoms with Crippen molar-refractivity contribution in [2.45, 2.75) is 64.5 Å². The number of rotatable bonds is 16. The van der Waals surface area contributed by atoms with Crippen molar-refractivity contribution in [1.82, 2.24) is 10.2 Å². The van der Waals surface area contributed by atoms with Crippen molar-refractivity contribution in [2.75, 3.05) is 39.9 Å². The number of fused-ring (bicyclic) bond motifs is 5. The summed E-state index contributed by atoms with van der Waals surface area (Å²) in [5.41, 5.74) is 20.5. The predicted molar refractivity (Wildman–Crippen MR) is 218 cm³/mol. The van der Waals surface area contributed by atoms with Gasteiger partial charge in [0.05, 0.1) is 27.7 Å². The first-order valence-electron chi connectivity index (χ1n) is 18.9. The summed E-state index contributed by atoms with van der Waals surface area (Å²) in [6.07, 6.45) is -0.492. The van der Waals surface area contributed by atoms with E-state index in [1.165, 1.54) is 11.9 Å². The van der Waals surface area contributed by atoms with Crippen LogP contribution in [0.3, 0.4) is 0 Å². The standard InChI is InChI=1S/C42H50Cl2N6O7/c1-24-17-31(43)39(32(44)18-24)35(52)23-28(10-12-46)42(55)50(3)40-27-7-9-38(57-16-14-48)30(22-27)29-20-26(6-8-37(29)56-15-13-47)21-33(34(51)5-4-11-45)49-41(54)25(2)19-36(40)53/h6-9,17-18,20,22,25,28,33,40H,4-5,10,12-16,19,21,23,46-48H2,1-3H3,(H,49,54)/t25-,28-,33+,40+/m1/s1. The van der Waals surface area contributed by atoms with Crippen LogP contribution in [0.5, 0.6) is 11.5 Å². The number of ether oxygens (including phenoxy) is 2. The molecule has 0 aliphatic carbocycles. The van der Waals surface area contributed by atoms with Crippen molar-refractivity contribution >= 4 is 52.4 Å². The number of halogens is 2. The van der Waals surface area contributed by atoms with Crippen LogP contribution in [0.1, 0.15) is 72.1 Å². The molecule has 4 atom stereocenters. The van der Waals surface area contributed by atoms with Gasteiger partial charge >= 0.3 is 0 Å². The SMILES string of the molecule is Cc1cc(Cl)c(C(=O)C[C@@H](CCN)C(=O)N(C)[C@@H]2C(=O)C[C@@H](C)C(=O)N[C@H](C(=O)CCC#N)Cc3ccc(OCCN)c(c3)-c3cc2ccc3OCCN)c(Cl)c1. The molecule has 3 aromatic rings. The Labute approximate surface area is 343 Å². The van der Waals surface area contributed by atoms with Gasteiger partial charge in [0.15, 0.2) is 17.3 Å². The van der Waals surface area contributed by atoms with Gasteiger partial charge in [-0.2, -0.15) is 5.26 Å². The van der Waals surface area contributed by atoms with E-state index in [1.54, 1.807) is 56.3 Å². The topological polar surface area (TPSA) is 221 Å². The number of nitrogens with two attached hydrogens (primary N) is 3. The summed E-state index contributed by atoms with van der Waals surface area (Å²) in [7, 11) is 1.47. The molecule has 13 nitrogen and oxygen atoms in total. The van der Waals surface area contributed by atoms with Crippen LogP contribution in [-0.2, 0) is 25.6 Å². The molecular formula is C42H50Cl2N6O7. The third-order valence-corrected chi connectivity index (χ3v) is 10.4. The predicted octanol–water partition coefficient (Wildman–Crippen LogP) is 4.89. The van der Waals surface area contributed by atoms with Gasteiger partial charge in [0, 0.05) is 68.8 Å². The number of benzene rings is 3. The summed E-state index contributed by atoms with van der Waals surface area (Å²) in [5.74, 6) is -3.39. The van der Waals surface area contributed by atoms with Crippen LogP contribution in [0, 0.1) is 30.1 Å². The number of nitrogens with one attached hydrogen (secondary N) is 1. The van der Waals surface area contributed by atoms with Gasteiger partial charge in [-0.3, -0.25) is 24.0 Å². The molecule has 1 aliphatic heterocycles. The van der Waals surface area contributed by atoms with E-state index >= 15 is 0 Å². The molecule has 2 amide bonds. The zero-order valence-electron chi connectivity index (χ0n) is 32.4. The number of amides is 2. The molecular weight excluding hydrogens is 771 g/mol. The summed E-state index contributed by atoms with van der Waals surface area (Å²) < 4.78 is 12.2. The number of carbonyl (C=O) groups is 5. The van der Waals surface area contributed by atoms with Crippen molar-refractivity contribution in [1.29, 1.82) is 5.26 Å². The third-order valence-electron chi connectivity index (χ3n) is 9.79. The van der Waals surface area contributed by atoms with Crippen molar-refractivity contribution in [3.05, 3.63) is 80.8 Å². The van der Waals surface area contributed by atoms with Gasteiger partial charge in [0.2, 0.25) is 11.8 Å². The highest BCUT2D eigenvalue weighted by atomic mass is 35.5. The summed E-state index contributed by atoms with van der Waals surface area (Å²) >= 11 is 12.9. The van der Waals surface area contributed by atoms with E-state index in [0.29, 0.717) is 33.8 Å².